The third-order valence-corrected chi connectivity index (χ3v) is 4.09. The molecule has 88 valence electrons. The van der Waals surface area contributed by atoms with E-state index in [0.29, 0.717) is 4.32 Å². The van der Waals surface area contributed by atoms with Gasteiger partial charge in [0.2, 0.25) is 0 Å². The number of hydrogen-bond acceptors (Lipinski definition) is 3. The lowest BCUT2D eigenvalue weighted by atomic mass is 10.2. The van der Waals surface area contributed by atoms with Crippen LogP contribution in [0.25, 0.3) is 0 Å². The number of amides is 1. The Kier molecular flexibility index (Phi) is 3.35. The highest BCUT2D eigenvalue weighted by Crippen LogP contribution is 2.36. The fraction of sp³-hybridized carbons (Fsp3) is 0.231. The van der Waals surface area contributed by atoms with Crippen molar-refractivity contribution >= 4 is 39.9 Å². The maximum Gasteiger partial charge on any atom is 0.270 e. The maximum atomic E-state index is 12.2. The molecule has 1 saturated heterocycles. The lowest BCUT2D eigenvalue weighted by molar-refractivity contribution is -0.113. The summed E-state index contributed by atoms with van der Waals surface area (Å²) in [4.78, 5) is 14.5. The zero-order valence-corrected chi connectivity index (χ0v) is 11.6. The summed E-state index contributed by atoms with van der Waals surface area (Å²) in [7, 11) is 0. The van der Waals surface area contributed by atoms with Crippen molar-refractivity contribution in [2.45, 2.75) is 20.8 Å². The van der Waals surface area contributed by atoms with E-state index in [0.717, 1.165) is 16.2 Å². The lowest BCUT2D eigenvalue weighted by Gasteiger charge is -2.14. The first-order chi connectivity index (χ1) is 8.00. The molecule has 0 saturated carbocycles. The first-order valence-electron chi connectivity index (χ1n) is 5.31. The van der Waals surface area contributed by atoms with Crippen molar-refractivity contribution in [3.05, 3.63) is 40.3 Å². The van der Waals surface area contributed by atoms with Gasteiger partial charge in [0.1, 0.15) is 0 Å². The number of rotatable bonds is 1. The summed E-state index contributed by atoms with van der Waals surface area (Å²) in [5.74, 6) is -0.0103. The molecule has 1 aliphatic heterocycles. The van der Waals surface area contributed by atoms with Crippen LogP contribution in [0.4, 0.5) is 5.69 Å². The van der Waals surface area contributed by atoms with Crippen LogP contribution < -0.4 is 4.90 Å². The summed E-state index contributed by atoms with van der Waals surface area (Å²) in [5, 5.41) is 0. The molecular formula is C13H13NOS2. The molecule has 0 aromatic heterocycles. The second kappa shape index (κ2) is 4.63. The molecule has 2 rings (SSSR count). The highest BCUT2D eigenvalue weighted by Gasteiger charge is 2.33. The molecule has 1 aromatic rings. The average molecular weight is 263 g/mol. The Hall–Kier alpha value is -1.13. The number of benzene rings is 1. The van der Waals surface area contributed by atoms with Crippen LogP contribution in [0, 0.1) is 6.92 Å². The van der Waals surface area contributed by atoms with Crippen LogP contribution in [0.5, 0.6) is 0 Å². The van der Waals surface area contributed by atoms with Crippen molar-refractivity contribution in [2.75, 3.05) is 4.90 Å². The molecule has 0 radical (unpaired) electrons. The smallest absolute Gasteiger partial charge is 0.268 e. The molecule has 1 aliphatic rings. The number of anilines is 1. The zero-order valence-electron chi connectivity index (χ0n) is 9.98. The number of hydrogen-bond donors (Lipinski definition) is 0. The molecule has 1 heterocycles. The topological polar surface area (TPSA) is 20.3 Å². The predicted octanol–water partition coefficient (Wildman–Crippen LogP) is 3.65. The van der Waals surface area contributed by atoms with Gasteiger partial charge in [0.25, 0.3) is 5.91 Å². The summed E-state index contributed by atoms with van der Waals surface area (Å²) < 4.78 is 0.607. The van der Waals surface area contributed by atoms with Gasteiger partial charge in [-0.1, -0.05) is 47.2 Å². The summed E-state index contributed by atoms with van der Waals surface area (Å²) in [6, 6.07) is 7.81. The van der Waals surface area contributed by atoms with Gasteiger partial charge in [-0.2, -0.15) is 0 Å². The summed E-state index contributed by atoms with van der Waals surface area (Å²) in [6.45, 7) is 5.88. The van der Waals surface area contributed by atoms with Gasteiger partial charge in [-0.15, -0.1) is 0 Å². The van der Waals surface area contributed by atoms with Crippen LogP contribution >= 0.6 is 24.0 Å². The highest BCUT2D eigenvalue weighted by molar-refractivity contribution is 8.27. The van der Waals surface area contributed by atoms with E-state index < -0.39 is 0 Å². The molecule has 0 unspecified atom stereocenters. The Morgan fingerprint density at radius 1 is 1.24 bits per heavy atom. The number of carbonyl (C=O) groups excluding carboxylic acids is 1. The van der Waals surface area contributed by atoms with Gasteiger partial charge in [-0.3, -0.25) is 9.69 Å². The van der Waals surface area contributed by atoms with Gasteiger partial charge in [0, 0.05) is 0 Å². The molecule has 0 N–H and O–H groups in total. The minimum atomic E-state index is -0.0103. The molecule has 1 fully saturated rings. The van der Waals surface area contributed by atoms with Crippen LogP contribution in [-0.4, -0.2) is 10.2 Å². The molecule has 1 aromatic carbocycles. The van der Waals surface area contributed by atoms with E-state index in [2.05, 4.69) is 0 Å². The van der Waals surface area contributed by atoms with Crippen LogP contribution in [-0.2, 0) is 4.79 Å². The Morgan fingerprint density at radius 3 is 2.29 bits per heavy atom. The van der Waals surface area contributed by atoms with Crippen molar-refractivity contribution in [3.63, 3.8) is 0 Å². The Morgan fingerprint density at radius 2 is 1.82 bits per heavy atom. The third-order valence-electron chi connectivity index (χ3n) is 2.52. The van der Waals surface area contributed by atoms with E-state index in [1.54, 1.807) is 4.90 Å². The molecule has 17 heavy (non-hydrogen) atoms. The molecular weight excluding hydrogens is 250 g/mol. The van der Waals surface area contributed by atoms with Gasteiger partial charge in [-0.05, 0) is 32.9 Å². The standard InChI is InChI=1S/C13H13NOS2/c1-8(2)11-12(15)14(13(16)17-11)10-6-4-9(3)5-7-10/h4-7H,1-3H3. The van der Waals surface area contributed by atoms with Gasteiger partial charge in [-0.25, -0.2) is 0 Å². The van der Waals surface area contributed by atoms with E-state index in [-0.39, 0.29) is 5.91 Å². The second-order valence-corrected chi connectivity index (χ2v) is 5.82. The Balaban J connectivity index is 2.41. The first-order valence-corrected chi connectivity index (χ1v) is 6.53. The summed E-state index contributed by atoms with van der Waals surface area (Å²) in [5.41, 5.74) is 3.02. The summed E-state index contributed by atoms with van der Waals surface area (Å²) >= 11 is 6.64. The van der Waals surface area contributed by atoms with Crippen LogP contribution in [0.15, 0.2) is 34.7 Å². The molecule has 0 atom stereocenters. The average Bonchev–Trinajstić information content (AvgIpc) is 2.56. The molecule has 2 nitrogen and oxygen atoms in total. The van der Waals surface area contributed by atoms with E-state index in [4.69, 9.17) is 12.2 Å². The third kappa shape index (κ3) is 2.28. The molecule has 0 spiro atoms. The highest BCUT2D eigenvalue weighted by atomic mass is 32.2. The molecule has 0 bridgehead atoms. The van der Waals surface area contributed by atoms with E-state index in [1.165, 1.54) is 17.3 Å². The molecule has 1 amide bonds. The van der Waals surface area contributed by atoms with Crippen molar-refractivity contribution < 1.29 is 4.79 Å². The van der Waals surface area contributed by atoms with Gasteiger partial charge < -0.3 is 0 Å². The quantitative estimate of drug-likeness (QED) is 0.570. The second-order valence-electron chi connectivity index (χ2n) is 4.17. The van der Waals surface area contributed by atoms with E-state index in [9.17, 15) is 4.79 Å². The predicted molar refractivity (Wildman–Crippen MR) is 77.2 cm³/mol. The van der Waals surface area contributed by atoms with Crippen LogP contribution in [0.2, 0.25) is 0 Å². The zero-order chi connectivity index (χ0) is 12.6. The van der Waals surface area contributed by atoms with Crippen LogP contribution in [0.3, 0.4) is 0 Å². The van der Waals surface area contributed by atoms with E-state index >= 15 is 0 Å². The minimum Gasteiger partial charge on any atom is -0.268 e. The fourth-order valence-electron chi connectivity index (χ4n) is 1.59. The monoisotopic (exact) mass is 263 g/mol. The van der Waals surface area contributed by atoms with E-state index in [1.807, 2.05) is 45.0 Å². The Bertz CT molecular complexity index is 513. The molecule has 4 heteroatoms. The number of aryl methyl sites for hydroxylation is 1. The van der Waals surface area contributed by atoms with Crippen molar-refractivity contribution in [3.8, 4) is 0 Å². The van der Waals surface area contributed by atoms with Crippen molar-refractivity contribution in [1.29, 1.82) is 0 Å². The lowest BCUT2D eigenvalue weighted by Crippen LogP contribution is -2.27. The summed E-state index contributed by atoms with van der Waals surface area (Å²) in [6.07, 6.45) is 0. The Labute approximate surface area is 111 Å². The fourth-order valence-corrected chi connectivity index (χ4v) is 2.87. The number of carbonyl (C=O) groups is 1. The molecule has 0 aliphatic carbocycles. The van der Waals surface area contributed by atoms with Crippen LogP contribution in [0.1, 0.15) is 19.4 Å². The number of thioether (sulfide) groups is 1. The first kappa shape index (κ1) is 12.3. The van der Waals surface area contributed by atoms with Gasteiger partial charge >= 0.3 is 0 Å². The van der Waals surface area contributed by atoms with Crippen molar-refractivity contribution in [2.24, 2.45) is 0 Å². The number of nitrogens with zero attached hydrogens (tertiary/aromatic N) is 1. The largest absolute Gasteiger partial charge is 0.270 e. The van der Waals surface area contributed by atoms with Crippen molar-refractivity contribution in [1.82, 2.24) is 0 Å². The maximum absolute atomic E-state index is 12.2. The SMILES string of the molecule is CC(C)=C1SC(=S)N(c2ccc(C)cc2)C1=O. The minimum absolute atomic E-state index is 0.0103. The normalized spacial score (nSPS) is 15.7. The number of allylic oxidation sites excluding steroid dienone is 1. The van der Waals surface area contributed by atoms with Gasteiger partial charge in [0.05, 0.1) is 10.6 Å². The number of thiocarbonyl (C=S) groups is 1. The van der Waals surface area contributed by atoms with Gasteiger partial charge in [0.15, 0.2) is 4.32 Å².